The Kier molecular flexibility index (Phi) is 6.70. The molecule has 1 heterocycles. The molecule has 0 radical (unpaired) electrons. The molecule has 0 bridgehead atoms. The molecule has 0 aliphatic carbocycles. The molecule has 0 aliphatic rings. The molecule has 0 fully saturated rings. The van der Waals surface area contributed by atoms with Gasteiger partial charge in [-0.25, -0.2) is 4.98 Å². The van der Waals surface area contributed by atoms with E-state index in [-0.39, 0.29) is 5.91 Å². The second-order valence-electron chi connectivity index (χ2n) is 5.37. The number of hydrogen-bond donors (Lipinski definition) is 1. The first-order chi connectivity index (χ1) is 11.1. The van der Waals surface area contributed by atoms with Crippen molar-refractivity contribution in [1.29, 1.82) is 0 Å². The number of rotatable bonds is 8. The highest BCUT2D eigenvalue weighted by Crippen LogP contribution is 2.22. The van der Waals surface area contributed by atoms with Gasteiger partial charge in [-0.15, -0.1) is 11.3 Å². The van der Waals surface area contributed by atoms with Crippen LogP contribution >= 0.6 is 11.3 Å². The minimum absolute atomic E-state index is 0.0245. The molecule has 5 nitrogen and oxygen atoms in total. The zero-order chi connectivity index (χ0) is 16.7. The first kappa shape index (κ1) is 17.6. The fourth-order valence-electron chi connectivity index (χ4n) is 2.45. The molecule has 1 amide bonds. The Morgan fingerprint density at radius 3 is 2.61 bits per heavy atom. The van der Waals surface area contributed by atoms with E-state index >= 15 is 0 Å². The highest BCUT2D eigenvalue weighted by Gasteiger charge is 2.15. The zero-order valence-corrected chi connectivity index (χ0v) is 14.6. The number of carbonyl (C=O) groups is 1. The van der Waals surface area contributed by atoms with Gasteiger partial charge in [0.05, 0.1) is 5.69 Å². The Hall–Kier alpha value is -1.76. The number of hydrogen-bond acceptors (Lipinski definition) is 5. The van der Waals surface area contributed by atoms with Crippen LogP contribution in [0.5, 0.6) is 0 Å². The summed E-state index contributed by atoms with van der Waals surface area (Å²) >= 11 is 1.51. The quantitative estimate of drug-likeness (QED) is 0.807. The van der Waals surface area contributed by atoms with E-state index in [1.165, 1.54) is 16.9 Å². The predicted molar refractivity (Wildman–Crippen MR) is 95.4 cm³/mol. The maximum absolute atomic E-state index is 11.6. The smallest absolute Gasteiger partial charge is 0.225 e. The molecule has 1 aromatic carbocycles. The van der Waals surface area contributed by atoms with E-state index in [1.54, 1.807) is 11.8 Å². The Balaban J connectivity index is 2.05. The fraction of sp³-hybridized carbons (Fsp3) is 0.412. The van der Waals surface area contributed by atoms with E-state index < -0.39 is 0 Å². The lowest BCUT2D eigenvalue weighted by molar-refractivity contribution is -0.116. The van der Waals surface area contributed by atoms with E-state index in [9.17, 15) is 4.79 Å². The maximum Gasteiger partial charge on any atom is 0.225 e. The lowest BCUT2D eigenvalue weighted by Crippen LogP contribution is -2.29. The molecule has 6 heteroatoms. The van der Waals surface area contributed by atoms with Crippen LogP contribution in [0.2, 0.25) is 0 Å². The van der Waals surface area contributed by atoms with Crippen molar-refractivity contribution in [3.63, 3.8) is 0 Å². The number of benzene rings is 1. The summed E-state index contributed by atoms with van der Waals surface area (Å²) in [6, 6.07) is 10.3. The minimum atomic E-state index is 0.0245. The number of anilines is 1. The van der Waals surface area contributed by atoms with Crippen molar-refractivity contribution in [1.82, 2.24) is 9.88 Å². The van der Waals surface area contributed by atoms with Gasteiger partial charge in [-0.3, -0.25) is 14.6 Å². The van der Waals surface area contributed by atoms with Crippen molar-refractivity contribution in [2.24, 2.45) is 5.73 Å². The van der Waals surface area contributed by atoms with Gasteiger partial charge in [-0.1, -0.05) is 30.3 Å². The third-order valence-corrected chi connectivity index (χ3v) is 4.46. The molecule has 124 valence electrons. The molecule has 0 aliphatic heterocycles. The lowest BCUT2D eigenvalue weighted by Gasteiger charge is -2.20. The molecule has 2 aromatic rings. The first-order valence-corrected chi connectivity index (χ1v) is 8.70. The summed E-state index contributed by atoms with van der Waals surface area (Å²) in [5.41, 5.74) is 7.98. The van der Waals surface area contributed by atoms with Gasteiger partial charge >= 0.3 is 0 Å². The number of thiazole rings is 1. The molecule has 2 rings (SSSR count). The molecular formula is C17H24N4OS. The lowest BCUT2D eigenvalue weighted by atomic mass is 10.2. The molecule has 0 spiro atoms. The Morgan fingerprint density at radius 1 is 1.26 bits per heavy atom. The fourth-order valence-corrected chi connectivity index (χ4v) is 3.38. The van der Waals surface area contributed by atoms with Crippen LogP contribution in [0.3, 0.4) is 0 Å². The molecule has 23 heavy (non-hydrogen) atoms. The highest BCUT2D eigenvalue weighted by molar-refractivity contribution is 7.14. The van der Waals surface area contributed by atoms with Crippen LogP contribution in [-0.4, -0.2) is 35.4 Å². The predicted octanol–water partition coefficient (Wildman–Crippen LogP) is 2.48. The van der Waals surface area contributed by atoms with Gasteiger partial charge in [-0.05, 0) is 12.5 Å². The zero-order valence-electron chi connectivity index (χ0n) is 13.7. The average Bonchev–Trinajstić information content (AvgIpc) is 2.97. The number of nitrogens with zero attached hydrogens (tertiary/aromatic N) is 3. The van der Waals surface area contributed by atoms with Crippen molar-refractivity contribution in [2.45, 2.75) is 26.9 Å². The van der Waals surface area contributed by atoms with Crippen LogP contribution in [-0.2, 0) is 17.9 Å². The van der Waals surface area contributed by atoms with Gasteiger partial charge in [0.1, 0.15) is 0 Å². The van der Waals surface area contributed by atoms with Crippen LogP contribution in [0.1, 0.15) is 25.1 Å². The van der Waals surface area contributed by atoms with Gasteiger partial charge in [-0.2, -0.15) is 0 Å². The van der Waals surface area contributed by atoms with Crippen molar-refractivity contribution in [3.8, 4) is 0 Å². The SMILES string of the molecule is CCN(C(C)=O)c1nc(CN(CCN)Cc2ccccc2)cs1. The minimum Gasteiger partial charge on any atom is -0.329 e. The Bertz CT molecular complexity index is 614. The average molecular weight is 332 g/mol. The molecule has 2 N–H and O–H groups in total. The molecular weight excluding hydrogens is 308 g/mol. The Labute approximate surface area is 141 Å². The summed E-state index contributed by atoms with van der Waals surface area (Å²) in [4.78, 5) is 20.2. The molecule has 0 unspecified atom stereocenters. The number of amides is 1. The van der Waals surface area contributed by atoms with Crippen LogP contribution in [0.25, 0.3) is 0 Å². The number of carbonyl (C=O) groups excluding carboxylic acids is 1. The van der Waals surface area contributed by atoms with E-state index in [4.69, 9.17) is 5.73 Å². The van der Waals surface area contributed by atoms with Crippen molar-refractivity contribution in [3.05, 3.63) is 47.0 Å². The molecule has 0 atom stereocenters. The number of aromatic nitrogens is 1. The normalized spacial score (nSPS) is 11.0. The highest BCUT2D eigenvalue weighted by atomic mass is 32.1. The van der Waals surface area contributed by atoms with E-state index in [0.29, 0.717) is 13.1 Å². The van der Waals surface area contributed by atoms with Gasteiger partial charge in [0, 0.05) is 45.0 Å². The molecule has 0 saturated heterocycles. The Morgan fingerprint density at radius 2 is 2.00 bits per heavy atom. The van der Waals surface area contributed by atoms with Crippen LogP contribution < -0.4 is 10.6 Å². The van der Waals surface area contributed by atoms with Crippen molar-refractivity contribution < 1.29 is 4.79 Å². The van der Waals surface area contributed by atoms with E-state index in [0.717, 1.165) is 30.5 Å². The summed E-state index contributed by atoms with van der Waals surface area (Å²) in [5.74, 6) is 0.0245. The standard InChI is InChI=1S/C17H24N4OS/c1-3-21(14(2)22)17-19-16(13-23-17)12-20(10-9-18)11-15-7-5-4-6-8-15/h4-8,13H,3,9-12,18H2,1-2H3. The summed E-state index contributed by atoms with van der Waals surface area (Å²) < 4.78 is 0. The maximum atomic E-state index is 11.6. The summed E-state index contributed by atoms with van der Waals surface area (Å²) in [6.45, 7) is 7.16. The van der Waals surface area contributed by atoms with Gasteiger partial charge in [0.25, 0.3) is 0 Å². The van der Waals surface area contributed by atoms with E-state index in [2.05, 4.69) is 22.0 Å². The van der Waals surface area contributed by atoms with Crippen molar-refractivity contribution in [2.75, 3.05) is 24.5 Å². The second kappa shape index (κ2) is 8.76. The van der Waals surface area contributed by atoms with Gasteiger partial charge in [0.15, 0.2) is 5.13 Å². The molecule has 0 saturated carbocycles. The van der Waals surface area contributed by atoms with Crippen LogP contribution in [0.15, 0.2) is 35.7 Å². The summed E-state index contributed by atoms with van der Waals surface area (Å²) in [5, 5.41) is 2.79. The van der Waals surface area contributed by atoms with Gasteiger partial charge in [0.2, 0.25) is 5.91 Å². The van der Waals surface area contributed by atoms with Crippen LogP contribution in [0.4, 0.5) is 5.13 Å². The monoisotopic (exact) mass is 332 g/mol. The van der Waals surface area contributed by atoms with Gasteiger partial charge < -0.3 is 5.73 Å². The van der Waals surface area contributed by atoms with E-state index in [1.807, 2.05) is 30.5 Å². The summed E-state index contributed by atoms with van der Waals surface area (Å²) in [6.07, 6.45) is 0. The summed E-state index contributed by atoms with van der Waals surface area (Å²) in [7, 11) is 0. The topological polar surface area (TPSA) is 62.5 Å². The van der Waals surface area contributed by atoms with Crippen LogP contribution in [0, 0.1) is 0 Å². The molecule has 1 aromatic heterocycles. The second-order valence-corrected chi connectivity index (χ2v) is 6.21. The third-order valence-electron chi connectivity index (χ3n) is 3.55. The largest absolute Gasteiger partial charge is 0.329 e. The van der Waals surface area contributed by atoms with Crippen molar-refractivity contribution >= 4 is 22.4 Å². The first-order valence-electron chi connectivity index (χ1n) is 7.83. The number of nitrogens with two attached hydrogens (primary N) is 1. The third kappa shape index (κ3) is 5.13.